The van der Waals surface area contributed by atoms with Crippen molar-refractivity contribution < 1.29 is 9.53 Å². The zero-order valence-corrected chi connectivity index (χ0v) is 16.4. The average Bonchev–Trinajstić information content (AvgIpc) is 3.03. The fraction of sp³-hybridized carbons (Fsp3) is 0.421. The van der Waals surface area contributed by atoms with Gasteiger partial charge in [-0.15, -0.1) is 16.8 Å². The Morgan fingerprint density at radius 1 is 1.35 bits per heavy atom. The number of carbonyl (C=O) groups is 1. The van der Waals surface area contributed by atoms with E-state index in [0.717, 1.165) is 23.6 Å². The Labute approximate surface area is 159 Å². The number of aromatic nitrogens is 3. The third kappa shape index (κ3) is 5.62. The Hall–Kier alpha value is -2.28. The first-order valence-electron chi connectivity index (χ1n) is 8.63. The second-order valence-corrected chi connectivity index (χ2v) is 7.20. The van der Waals surface area contributed by atoms with Crippen LogP contribution in [0.5, 0.6) is 5.75 Å². The van der Waals surface area contributed by atoms with Crippen molar-refractivity contribution in [3.05, 3.63) is 36.9 Å². The number of hydrogen-bond acceptors (Lipinski definition) is 5. The van der Waals surface area contributed by atoms with Crippen LogP contribution in [0.2, 0.25) is 0 Å². The lowest BCUT2D eigenvalue weighted by Gasteiger charge is -2.09. The van der Waals surface area contributed by atoms with E-state index in [-0.39, 0.29) is 5.91 Å². The van der Waals surface area contributed by atoms with Crippen LogP contribution in [0.25, 0.3) is 11.4 Å². The van der Waals surface area contributed by atoms with Crippen molar-refractivity contribution >= 4 is 17.7 Å². The van der Waals surface area contributed by atoms with Gasteiger partial charge in [0, 0.05) is 18.7 Å². The van der Waals surface area contributed by atoms with Crippen molar-refractivity contribution in [2.45, 2.75) is 32.0 Å². The molecule has 1 amide bonds. The largest absolute Gasteiger partial charge is 0.497 e. The molecule has 0 aliphatic carbocycles. The van der Waals surface area contributed by atoms with E-state index in [1.807, 2.05) is 28.8 Å². The highest BCUT2D eigenvalue weighted by molar-refractivity contribution is 7.99. The number of nitrogens with zero attached hydrogens (tertiary/aromatic N) is 3. The molecule has 1 aromatic heterocycles. The van der Waals surface area contributed by atoms with Crippen molar-refractivity contribution in [3.63, 3.8) is 0 Å². The Morgan fingerprint density at radius 3 is 2.69 bits per heavy atom. The summed E-state index contributed by atoms with van der Waals surface area (Å²) in [6.07, 6.45) is 2.77. The number of nitrogens with one attached hydrogen (secondary N) is 1. The van der Waals surface area contributed by atoms with Gasteiger partial charge >= 0.3 is 0 Å². The first kappa shape index (κ1) is 20.0. The summed E-state index contributed by atoms with van der Waals surface area (Å²) in [7, 11) is 1.64. The lowest BCUT2D eigenvalue weighted by molar-refractivity contribution is -0.118. The van der Waals surface area contributed by atoms with Gasteiger partial charge < -0.3 is 10.1 Å². The zero-order valence-electron chi connectivity index (χ0n) is 15.6. The highest BCUT2D eigenvalue weighted by Gasteiger charge is 2.15. The number of rotatable bonds is 10. The molecule has 7 heteroatoms. The highest BCUT2D eigenvalue weighted by atomic mass is 32.2. The number of benzene rings is 1. The van der Waals surface area contributed by atoms with E-state index >= 15 is 0 Å². The summed E-state index contributed by atoms with van der Waals surface area (Å²) >= 11 is 1.38. The van der Waals surface area contributed by atoms with Gasteiger partial charge in [0.1, 0.15) is 5.75 Å². The fourth-order valence-electron chi connectivity index (χ4n) is 2.32. The van der Waals surface area contributed by atoms with Crippen LogP contribution >= 0.6 is 11.8 Å². The standard InChI is InChI=1S/C19H26N4O2S/c1-5-12-23-18(15-6-8-16(25-4)9-7-15)21-22-19(23)26-13-17(24)20-11-10-14(2)3/h5-9,14H,1,10-13H2,2-4H3,(H,20,24). The van der Waals surface area contributed by atoms with Gasteiger partial charge in [0.15, 0.2) is 11.0 Å². The number of thioether (sulfide) groups is 1. The normalized spacial score (nSPS) is 10.8. The maximum atomic E-state index is 12.0. The second kappa shape index (κ2) is 10.0. The van der Waals surface area contributed by atoms with Crippen molar-refractivity contribution in [2.24, 2.45) is 5.92 Å². The van der Waals surface area contributed by atoms with Gasteiger partial charge in [-0.25, -0.2) is 0 Å². The third-order valence-corrected chi connectivity index (χ3v) is 4.72. The fourth-order valence-corrected chi connectivity index (χ4v) is 3.10. The quantitative estimate of drug-likeness (QED) is 0.510. The summed E-state index contributed by atoms with van der Waals surface area (Å²) in [4.78, 5) is 12.0. The van der Waals surface area contributed by atoms with E-state index < -0.39 is 0 Å². The van der Waals surface area contributed by atoms with Crippen LogP contribution in [0, 0.1) is 5.92 Å². The van der Waals surface area contributed by atoms with Crippen LogP contribution in [0.15, 0.2) is 42.1 Å². The number of carbonyl (C=O) groups excluding carboxylic acids is 1. The Kier molecular flexibility index (Phi) is 7.72. The molecule has 2 rings (SSSR count). The van der Waals surface area contributed by atoms with Crippen LogP contribution in [-0.4, -0.2) is 40.1 Å². The van der Waals surface area contributed by atoms with Gasteiger partial charge in [-0.1, -0.05) is 31.7 Å². The first-order valence-corrected chi connectivity index (χ1v) is 9.61. The number of hydrogen-bond donors (Lipinski definition) is 1. The summed E-state index contributed by atoms with van der Waals surface area (Å²) in [5.41, 5.74) is 0.938. The molecule has 0 aliphatic heterocycles. The summed E-state index contributed by atoms with van der Waals surface area (Å²) in [5, 5.41) is 12.2. The van der Waals surface area contributed by atoms with Crippen molar-refractivity contribution in [2.75, 3.05) is 19.4 Å². The molecule has 0 saturated heterocycles. The molecule has 140 valence electrons. The van der Waals surface area contributed by atoms with Gasteiger partial charge in [0.05, 0.1) is 12.9 Å². The van der Waals surface area contributed by atoms with Crippen LogP contribution in [0.3, 0.4) is 0 Å². The van der Waals surface area contributed by atoms with E-state index in [9.17, 15) is 4.79 Å². The average molecular weight is 375 g/mol. The van der Waals surface area contributed by atoms with Gasteiger partial charge in [0.2, 0.25) is 5.91 Å². The number of amides is 1. The highest BCUT2D eigenvalue weighted by Crippen LogP contribution is 2.25. The third-order valence-electron chi connectivity index (χ3n) is 3.75. The minimum absolute atomic E-state index is 0.00907. The van der Waals surface area contributed by atoms with Crippen molar-refractivity contribution in [3.8, 4) is 17.1 Å². The first-order chi connectivity index (χ1) is 12.5. The molecule has 26 heavy (non-hydrogen) atoms. The van der Waals surface area contributed by atoms with E-state index in [4.69, 9.17) is 4.74 Å². The predicted molar refractivity (Wildman–Crippen MR) is 105 cm³/mol. The smallest absolute Gasteiger partial charge is 0.230 e. The van der Waals surface area contributed by atoms with Crippen LogP contribution in [0.1, 0.15) is 20.3 Å². The molecule has 6 nitrogen and oxygen atoms in total. The van der Waals surface area contributed by atoms with Crippen LogP contribution in [-0.2, 0) is 11.3 Å². The van der Waals surface area contributed by atoms with E-state index in [1.165, 1.54) is 11.8 Å². The SMILES string of the molecule is C=CCn1c(SCC(=O)NCCC(C)C)nnc1-c1ccc(OC)cc1. The lowest BCUT2D eigenvalue weighted by Crippen LogP contribution is -2.27. The molecule has 0 saturated carbocycles. The molecule has 2 aromatic rings. The van der Waals surface area contributed by atoms with E-state index in [2.05, 4.69) is 35.9 Å². The van der Waals surface area contributed by atoms with Gasteiger partial charge in [-0.05, 0) is 36.6 Å². The van der Waals surface area contributed by atoms with Gasteiger partial charge in [-0.2, -0.15) is 0 Å². The van der Waals surface area contributed by atoms with Crippen LogP contribution in [0.4, 0.5) is 0 Å². The maximum absolute atomic E-state index is 12.0. The molecular weight excluding hydrogens is 348 g/mol. The molecule has 1 aromatic carbocycles. The number of ether oxygens (including phenoxy) is 1. The van der Waals surface area contributed by atoms with Crippen LogP contribution < -0.4 is 10.1 Å². The molecule has 0 bridgehead atoms. The molecule has 0 spiro atoms. The van der Waals surface area contributed by atoms with Crippen molar-refractivity contribution in [1.82, 2.24) is 20.1 Å². The minimum Gasteiger partial charge on any atom is -0.497 e. The Morgan fingerprint density at radius 2 is 2.08 bits per heavy atom. The molecule has 1 N–H and O–H groups in total. The molecule has 0 aliphatic rings. The van der Waals surface area contributed by atoms with Gasteiger partial charge in [-0.3, -0.25) is 9.36 Å². The lowest BCUT2D eigenvalue weighted by atomic mass is 10.1. The summed E-state index contributed by atoms with van der Waals surface area (Å²) in [6, 6.07) is 7.65. The molecule has 0 atom stereocenters. The second-order valence-electron chi connectivity index (χ2n) is 6.26. The molecule has 0 unspecified atom stereocenters. The van der Waals surface area contributed by atoms with E-state index in [1.54, 1.807) is 13.2 Å². The summed E-state index contributed by atoms with van der Waals surface area (Å²) in [6.45, 7) is 9.36. The van der Waals surface area contributed by atoms with E-state index in [0.29, 0.717) is 29.9 Å². The Balaban J connectivity index is 2.05. The minimum atomic E-state index is 0.00907. The monoisotopic (exact) mass is 374 g/mol. The number of methoxy groups -OCH3 is 1. The summed E-state index contributed by atoms with van der Waals surface area (Å²) in [5.74, 6) is 2.43. The Bertz CT molecular complexity index is 726. The molecule has 1 heterocycles. The molecule has 0 radical (unpaired) electrons. The maximum Gasteiger partial charge on any atom is 0.230 e. The topological polar surface area (TPSA) is 69.0 Å². The van der Waals surface area contributed by atoms with Crippen molar-refractivity contribution in [1.29, 1.82) is 0 Å². The number of allylic oxidation sites excluding steroid dienone is 1. The summed E-state index contributed by atoms with van der Waals surface area (Å²) < 4.78 is 7.15. The predicted octanol–water partition coefficient (Wildman–Crippen LogP) is 3.39. The zero-order chi connectivity index (χ0) is 18.9. The molecule has 0 fully saturated rings. The molecular formula is C19H26N4O2S. The van der Waals surface area contributed by atoms with Gasteiger partial charge in [0.25, 0.3) is 0 Å².